The Bertz CT molecular complexity index is 556. The highest BCUT2D eigenvalue weighted by Crippen LogP contribution is 2.20. The second kappa shape index (κ2) is 5.83. The van der Waals surface area contributed by atoms with Crippen molar-refractivity contribution in [1.29, 1.82) is 5.26 Å². The van der Waals surface area contributed by atoms with Gasteiger partial charge in [0.2, 0.25) is 5.91 Å². The van der Waals surface area contributed by atoms with E-state index in [2.05, 4.69) is 0 Å². The molecule has 0 aliphatic carbocycles. The van der Waals surface area contributed by atoms with Crippen LogP contribution in [0.3, 0.4) is 0 Å². The van der Waals surface area contributed by atoms with E-state index in [0.29, 0.717) is 0 Å². The summed E-state index contributed by atoms with van der Waals surface area (Å²) in [6.07, 6.45) is 0. The summed E-state index contributed by atoms with van der Waals surface area (Å²) in [5.41, 5.74) is -1.10. The highest BCUT2D eigenvalue weighted by Gasteiger charge is 2.37. The number of carbonyl (C=O) groups excluding carboxylic acids is 2. The van der Waals surface area contributed by atoms with Crippen molar-refractivity contribution in [3.05, 3.63) is 35.6 Å². The molecule has 0 N–H and O–H groups in total. The maximum atomic E-state index is 12.9. The van der Waals surface area contributed by atoms with Crippen LogP contribution in [0.15, 0.2) is 24.3 Å². The molecule has 5 heteroatoms. The Balaban J connectivity index is 3.25. The number of hydrogen-bond donors (Lipinski definition) is 0. The molecule has 0 atom stereocenters. The summed E-state index contributed by atoms with van der Waals surface area (Å²) >= 11 is 0. The van der Waals surface area contributed by atoms with Crippen LogP contribution in [-0.2, 0) is 4.79 Å². The first-order valence-corrected chi connectivity index (χ1v) is 6.26. The number of rotatable bonds is 3. The van der Waals surface area contributed by atoms with E-state index in [1.807, 2.05) is 6.07 Å². The van der Waals surface area contributed by atoms with Crippen molar-refractivity contribution in [2.75, 3.05) is 0 Å². The lowest BCUT2D eigenvalue weighted by Gasteiger charge is -2.32. The Morgan fingerprint density at radius 1 is 1.25 bits per heavy atom. The zero-order valence-electron chi connectivity index (χ0n) is 12.0. The van der Waals surface area contributed by atoms with Gasteiger partial charge in [-0.1, -0.05) is 13.8 Å². The van der Waals surface area contributed by atoms with Gasteiger partial charge < -0.3 is 0 Å². The first-order valence-electron chi connectivity index (χ1n) is 6.26. The molecule has 0 unspecified atom stereocenters. The largest absolute Gasteiger partial charge is 0.274 e. The molecule has 4 nitrogen and oxygen atoms in total. The molecule has 0 radical (unpaired) electrons. The van der Waals surface area contributed by atoms with Gasteiger partial charge in [-0.3, -0.25) is 14.5 Å². The summed E-state index contributed by atoms with van der Waals surface area (Å²) < 4.78 is 12.9. The molecule has 1 aromatic carbocycles. The smallest absolute Gasteiger partial charge is 0.261 e. The zero-order valence-corrected chi connectivity index (χ0v) is 12.0. The van der Waals surface area contributed by atoms with Gasteiger partial charge in [0.25, 0.3) is 5.91 Å². The Morgan fingerprint density at radius 2 is 1.75 bits per heavy atom. The first-order chi connectivity index (χ1) is 9.20. The van der Waals surface area contributed by atoms with Crippen molar-refractivity contribution in [2.24, 2.45) is 5.92 Å². The summed E-state index contributed by atoms with van der Waals surface area (Å²) in [5, 5.41) is 9.18. The van der Waals surface area contributed by atoms with Gasteiger partial charge in [-0.15, -0.1) is 0 Å². The van der Waals surface area contributed by atoms with Crippen LogP contribution < -0.4 is 0 Å². The van der Waals surface area contributed by atoms with Crippen LogP contribution in [0, 0.1) is 23.1 Å². The number of nitrogens with zero attached hydrogens (tertiary/aromatic N) is 2. The van der Waals surface area contributed by atoms with Crippen LogP contribution in [0.4, 0.5) is 4.39 Å². The van der Waals surface area contributed by atoms with Gasteiger partial charge in [0.15, 0.2) is 0 Å². The van der Waals surface area contributed by atoms with E-state index in [9.17, 15) is 19.2 Å². The molecular formula is C15H17FN2O2. The van der Waals surface area contributed by atoms with Gasteiger partial charge in [0, 0.05) is 11.5 Å². The van der Waals surface area contributed by atoms with E-state index in [-0.39, 0.29) is 5.56 Å². The standard InChI is InChI=1S/C15H17FN2O2/c1-10(2)13(19)18(15(3,4)9-17)14(20)11-5-7-12(16)8-6-11/h5-8,10H,1-4H3. The minimum Gasteiger partial charge on any atom is -0.274 e. The highest BCUT2D eigenvalue weighted by molar-refractivity contribution is 6.06. The fourth-order valence-corrected chi connectivity index (χ4v) is 1.66. The molecule has 106 valence electrons. The topological polar surface area (TPSA) is 61.2 Å². The normalized spacial score (nSPS) is 11.1. The number of halogens is 1. The SMILES string of the molecule is CC(C)C(=O)N(C(=O)c1ccc(F)cc1)C(C)(C)C#N. The number of benzene rings is 1. The Morgan fingerprint density at radius 3 is 2.15 bits per heavy atom. The maximum Gasteiger partial charge on any atom is 0.261 e. The molecule has 2 amide bonds. The van der Waals surface area contributed by atoms with Gasteiger partial charge in [-0.05, 0) is 38.1 Å². The van der Waals surface area contributed by atoms with Crippen molar-refractivity contribution in [2.45, 2.75) is 33.2 Å². The van der Waals surface area contributed by atoms with Crippen LogP contribution >= 0.6 is 0 Å². The van der Waals surface area contributed by atoms with Crippen molar-refractivity contribution >= 4 is 11.8 Å². The minimum absolute atomic E-state index is 0.170. The summed E-state index contributed by atoms with van der Waals surface area (Å²) in [4.78, 5) is 25.6. The second-order valence-electron chi connectivity index (χ2n) is 5.31. The molecule has 20 heavy (non-hydrogen) atoms. The number of hydrogen-bond acceptors (Lipinski definition) is 3. The first kappa shape index (κ1) is 15.8. The van der Waals surface area contributed by atoms with Gasteiger partial charge in [-0.2, -0.15) is 5.26 Å². The number of imide groups is 1. The predicted molar refractivity (Wildman–Crippen MR) is 72.1 cm³/mol. The Hall–Kier alpha value is -2.22. The van der Waals surface area contributed by atoms with Crippen molar-refractivity contribution in [1.82, 2.24) is 4.90 Å². The van der Waals surface area contributed by atoms with Crippen molar-refractivity contribution < 1.29 is 14.0 Å². The van der Waals surface area contributed by atoms with E-state index in [1.165, 1.54) is 26.0 Å². The highest BCUT2D eigenvalue weighted by atomic mass is 19.1. The minimum atomic E-state index is -1.27. The summed E-state index contributed by atoms with van der Waals surface area (Å²) in [7, 11) is 0. The fraction of sp³-hybridized carbons (Fsp3) is 0.400. The summed E-state index contributed by atoms with van der Waals surface area (Å²) in [6, 6.07) is 6.83. The summed E-state index contributed by atoms with van der Waals surface area (Å²) in [6.45, 7) is 6.30. The van der Waals surface area contributed by atoms with E-state index < -0.39 is 29.1 Å². The molecule has 0 aliphatic rings. The van der Waals surface area contributed by atoms with E-state index in [4.69, 9.17) is 0 Å². The average molecular weight is 276 g/mol. The monoisotopic (exact) mass is 276 g/mol. The molecule has 0 spiro atoms. The van der Waals surface area contributed by atoms with Crippen LogP contribution in [0.25, 0.3) is 0 Å². The average Bonchev–Trinajstić information content (AvgIpc) is 2.39. The van der Waals surface area contributed by atoms with Gasteiger partial charge >= 0.3 is 0 Å². The van der Waals surface area contributed by atoms with Crippen LogP contribution in [0.1, 0.15) is 38.1 Å². The Kier molecular flexibility index (Phi) is 4.61. The third-order valence-corrected chi connectivity index (χ3v) is 2.84. The predicted octanol–water partition coefficient (Wildman–Crippen LogP) is 2.75. The molecule has 1 rings (SSSR count). The van der Waals surface area contributed by atoms with Gasteiger partial charge in [0.05, 0.1) is 6.07 Å². The zero-order chi connectivity index (χ0) is 15.5. The van der Waals surface area contributed by atoms with Crippen molar-refractivity contribution in [3.8, 4) is 6.07 Å². The quantitative estimate of drug-likeness (QED) is 0.852. The van der Waals surface area contributed by atoms with Crippen LogP contribution in [-0.4, -0.2) is 22.3 Å². The van der Waals surface area contributed by atoms with Crippen LogP contribution in [0.5, 0.6) is 0 Å². The lowest BCUT2D eigenvalue weighted by molar-refractivity contribution is -0.134. The molecule has 0 heterocycles. The molecule has 0 bridgehead atoms. The molecule has 0 aliphatic heterocycles. The van der Waals surface area contributed by atoms with Crippen LogP contribution in [0.2, 0.25) is 0 Å². The number of amides is 2. The number of carbonyl (C=O) groups is 2. The molecule has 0 fully saturated rings. The fourth-order valence-electron chi connectivity index (χ4n) is 1.66. The third-order valence-electron chi connectivity index (χ3n) is 2.84. The van der Waals surface area contributed by atoms with E-state index >= 15 is 0 Å². The molecule has 0 saturated carbocycles. The lowest BCUT2D eigenvalue weighted by Crippen LogP contribution is -2.52. The van der Waals surface area contributed by atoms with Gasteiger partial charge in [-0.25, -0.2) is 4.39 Å². The third kappa shape index (κ3) is 3.21. The maximum absolute atomic E-state index is 12.9. The Labute approximate surface area is 117 Å². The molecule has 0 aromatic heterocycles. The molecule has 1 aromatic rings. The molecular weight excluding hydrogens is 259 g/mol. The van der Waals surface area contributed by atoms with Gasteiger partial charge in [0.1, 0.15) is 11.4 Å². The summed E-state index contributed by atoms with van der Waals surface area (Å²) in [5.74, 6) is -1.93. The molecule has 0 saturated heterocycles. The van der Waals surface area contributed by atoms with E-state index in [0.717, 1.165) is 17.0 Å². The number of nitriles is 1. The van der Waals surface area contributed by atoms with E-state index in [1.54, 1.807) is 13.8 Å². The second-order valence-corrected chi connectivity index (χ2v) is 5.31. The lowest BCUT2D eigenvalue weighted by atomic mass is 10.00. The van der Waals surface area contributed by atoms with Crippen molar-refractivity contribution in [3.63, 3.8) is 0 Å².